The Morgan fingerprint density at radius 3 is 2.57 bits per heavy atom. The highest BCUT2D eigenvalue weighted by Crippen LogP contribution is 2.36. The molecule has 1 aliphatic rings. The van der Waals surface area contributed by atoms with Gasteiger partial charge in [0, 0.05) is 10.0 Å². The molecule has 0 N–H and O–H groups in total. The van der Waals surface area contributed by atoms with Crippen molar-refractivity contribution >= 4 is 27.6 Å². The van der Waals surface area contributed by atoms with Gasteiger partial charge in [0.25, 0.3) is 0 Å². The number of fused-ring (bicyclic) bond motifs is 1. The first-order valence-corrected chi connectivity index (χ1v) is 8.10. The first kappa shape index (κ1) is 15.7. The van der Waals surface area contributed by atoms with Crippen molar-refractivity contribution in [2.45, 2.75) is 19.8 Å². The number of oxime groups is 1. The second-order valence-corrected chi connectivity index (χ2v) is 6.24. The van der Waals surface area contributed by atoms with Crippen LogP contribution in [0.2, 0.25) is 0 Å². The number of carbonyl (C=O) groups excluding carboxylic acids is 1. The molecular weight excluding hydrogens is 358 g/mol. The molecule has 3 rings (SSSR count). The van der Waals surface area contributed by atoms with E-state index >= 15 is 0 Å². The highest BCUT2D eigenvalue weighted by Gasteiger charge is 2.25. The molecule has 0 unspecified atom stereocenters. The predicted molar refractivity (Wildman–Crippen MR) is 92.1 cm³/mol. The van der Waals surface area contributed by atoms with Gasteiger partial charge in [-0.25, -0.2) is 4.79 Å². The van der Waals surface area contributed by atoms with Crippen LogP contribution in [-0.2, 0) is 11.3 Å². The summed E-state index contributed by atoms with van der Waals surface area (Å²) in [7, 11) is 1.62. The monoisotopic (exact) mass is 373 g/mol. The molecule has 0 heterocycles. The summed E-state index contributed by atoms with van der Waals surface area (Å²) in [6.45, 7) is 1.97. The Morgan fingerprint density at radius 2 is 1.87 bits per heavy atom. The van der Waals surface area contributed by atoms with E-state index in [4.69, 9.17) is 9.57 Å². The summed E-state index contributed by atoms with van der Waals surface area (Å²) in [4.78, 5) is 17.2. The fourth-order valence-corrected chi connectivity index (χ4v) is 3.16. The Hall–Kier alpha value is -2.14. The van der Waals surface area contributed by atoms with E-state index in [0.29, 0.717) is 5.56 Å². The average molecular weight is 374 g/mol. The smallest absolute Gasteiger partial charge is 0.365 e. The molecule has 0 saturated heterocycles. The van der Waals surface area contributed by atoms with E-state index in [1.807, 2.05) is 31.2 Å². The lowest BCUT2D eigenvalue weighted by atomic mass is 10.1. The van der Waals surface area contributed by atoms with Crippen LogP contribution in [-0.4, -0.2) is 18.8 Å². The van der Waals surface area contributed by atoms with Gasteiger partial charge in [0.15, 0.2) is 0 Å². The van der Waals surface area contributed by atoms with Crippen molar-refractivity contribution in [1.82, 2.24) is 0 Å². The fraction of sp³-hybridized carbons (Fsp3) is 0.222. The van der Waals surface area contributed by atoms with E-state index in [1.54, 1.807) is 19.2 Å². The fourth-order valence-electron chi connectivity index (χ4n) is 2.63. The van der Waals surface area contributed by atoms with Gasteiger partial charge in [-0.1, -0.05) is 38.8 Å². The van der Waals surface area contributed by atoms with E-state index in [0.717, 1.165) is 45.5 Å². The molecule has 23 heavy (non-hydrogen) atoms. The zero-order chi connectivity index (χ0) is 16.4. The number of benzene rings is 2. The van der Waals surface area contributed by atoms with Crippen LogP contribution in [0.5, 0.6) is 5.75 Å². The quantitative estimate of drug-likeness (QED) is 0.595. The molecule has 1 aliphatic carbocycles. The topological polar surface area (TPSA) is 47.9 Å². The summed E-state index contributed by atoms with van der Waals surface area (Å²) in [5, 5.41) is 4.08. The van der Waals surface area contributed by atoms with Gasteiger partial charge in [-0.2, -0.15) is 0 Å². The molecule has 0 bridgehead atoms. The second-order valence-electron chi connectivity index (χ2n) is 5.39. The highest BCUT2D eigenvalue weighted by atomic mass is 79.9. The molecule has 2 aromatic carbocycles. The molecule has 5 heteroatoms. The molecule has 0 radical (unpaired) electrons. The Labute approximate surface area is 143 Å². The van der Waals surface area contributed by atoms with Crippen LogP contribution in [0.1, 0.15) is 33.5 Å². The SMILES string of the molecule is COc1ccc(Br)c2c1/C(=N\OC(=O)c1ccc(C)cc1)CC2. The van der Waals surface area contributed by atoms with Crippen LogP contribution in [0.4, 0.5) is 0 Å². The first-order chi connectivity index (χ1) is 11.1. The van der Waals surface area contributed by atoms with Crippen molar-refractivity contribution in [3.05, 3.63) is 63.1 Å². The van der Waals surface area contributed by atoms with E-state index in [9.17, 15) is 4.79 Å². The Morgan fingerprint density at radius 1 is 1.13 bits per heavy atom. The summed E-state index contributed by atoms with van der Waals surface area (Å²) in [5.41, 5.74) is 4.36. The number of rotatable bonds is 3. The predicted octanol–water partition coefficient (Wildman–Crippen LogP) is 4.27. The Kier molecular flexibility index (Phi) is 4.48. The molecular formula is C18H16BrNO3. The molecule has 0 amide bonds. The van der Waals surface area contributed by atoms with Crippen LogP contribution in [0, 0.1) is 6.92 Å². The molecule has 118 valence electrons. The zero-order valence-corrected chi connectivity index (χ0v) is 14.5. The highest BCUT2D eigenvalue weighted by molar-refractivity contribution is 9.10. The molecule has 0 aliphatic heterocycles. The maximum Gasteiger partial charge on any atom is 0.365 e. The first-order valence-electron chi connectivity index (χ1n) is 7.30. The molecule has 4 nitrogen and oxygen atoms in total. The third-order valence-electron chi connectivity index (χ3n) is 3.86. The van der Waals surface area contributed by atoms with Gasteiger partial charge in [0.05, 0.1) is 18.4 Å². The Bertz CT molecular complexity index is 782. The maximum atomic E-state index is 12.1. The number of carbonyl (C=O) groups is 1. The van der Waals surface area contributed by atoms with E-state index < -0.39 is 5.97 Å². The van der Waals surface area contributed by atoms with Crippen LogP contribution < -0.4 is 4.74 Å². The standard InChI is InChI=1S/C18H16BrNO3/c1-11-3-5-12(6-4-11)18(21)23-20-15-9-7-13-14(19)8-10-16(22-2)17(13)15/h3-6,8,10H,7,9H2,1-2H3/b20-15-. The number of hydrogen-bond donors (Lipinski definition) is 0. The summed E-state index contributed by atoms with van der Waals surface area (Å²) in [5.74, 6) is 0.283. The summed E-state index contributed by atoms with van der Waals surface area (Å²) in [6.07, 6.45) is 1.56. The van der Waals surface area contributed by atoms with Crippen molar-refractivity contribution < 1.29 is 14.4 Å². The number of halogens is 1. The minimum absolute atomic E-state index is 0.458. The number of aryl methyl sites for hydroxylation is 1. The number of nitrogens with zero attached hydrogens (tertiary/aromatic N) is 1. The summed E-state index contributed by atoms with van der Waals surface area (Å²) in [6, 6.07) is 11.0. The number of methoxy groups -OCH3 is 1. The number of hydrogen-bond acceptors (Lipinski definition) is 4. The lowest BCUT2D eigenvalue weighted by Crippen LogP contribution is -2.05. The molecule has 2 aromatic rings. The summed E-state index contributed by atoms with van der Waals surface area (Å²) < 4.78 is 6.42. The normalized spacial score (nSPS) is 14.7. The van der Waals surface area contributed by atoms with Crippen molar-refractivity contribution in [3.8, 4) is 5.75 Å². The molecule has 0 aromatic heterocycles. The van der Waals surface area contributed by atoms with Gasteiger partial charge in [-0.15, -0.1) is 0 Å². The van der Waals surface area contributed by atoms with Gasteiger partial charge in [0.1, 0.15) is 5.75 Å². The van der Waals surface area contributed by atoms with Crippen molar-refractivity contribution in [2.75, 3.05) is 7.11 Å². The van der Waals surface area contributed by atoms with Gasteiger partial charge in [-0.05, 0) is 49.6 Å². The minimum atomic E-state index is -0.458. The average Bonchev–Trinajstić information content (AvgIpc) is 2.99. The van der Waals surface area contributed by atoms with Crippen LogP contribution in [0.3, 0.4) is 0 Å². The van der Waals surface area contributed by atoms with E-state index in [1.165, 1.54) is 0 Å². The van der Waals surface area contributed by atoms with E-state index in [-0.39, 0.29) is 0 Å². The largest absolute Gasteiger partial charge is 0.496 e. The second kappa shape index (κ2) is 6.54. The molecule has 0 fully saturated rings. The number of ether oxygens (including phenoxy) is 1. The summed E-state index contributed by atoms with van der Waals surface area (Å²) >= 11 is 3.54. The molecule has 0 saturated carbocycles. The third kappa shape index (κ3) is 3.15. The van der Waals surface area contributed by atoms with Crippen LogP contribution in [0.25, 0.3) is 0 Å². The maximum absolute atomic E-state index is 12.1. The van der Waals surface area contributed by atoms with Crippen molar-refractivity contribution in [3.63, 3.8) is 0 Å². The van der Waals surface area contributed by atoms with Gasteiger partial charge >= 0.3 is 5.97 Å². The van der Waals surface area contributed by atoms with E-state index in [2.05, 4.69) is 21.1 Å². The van der Waals surface area contributed by atoms with Crippen LogP contribution >= 0.6 is 15.9 Å². The third-order valence-corrected chi connectivity index (χ3v) is 4.61. The van der Waals surface area contributed by atoms with Crippen molar-refractivity contribution in [2.24, 2.45) is 5.16 Å². The molecule has 0 atom stereocenters. The zero-order valence-electron chi connectivity index (χ0n) is 12.9. The van der Waals surface area contributed by atoms with Gasteiger partial charge in [-0.3, -0.25) is 0 Å². The minimum Gasteiger partial charge on any atom is -0.496 e. The molecule has 0 spiro atoms. The lowest BCUT2D eigenvalue weighted by molar-refractivity contribution is 0.0516. The van der Waals surface area contributed by atoms with Gasteiger partial charge < -0.3 is 9.57 Å². The lowest BCUT2D eigenvalue weighted by Gasteiger charge is -2.09. The Balaban J connectivity index is 1.85. The van der Waals surface area contributed by atoms with Crippen LogP contribution in [0.15, 0.2) is 46.0 Å². The van der Waals surface area contributed by atoms with Gasteiger partial charge in [0.2, 0.25) is 0 Å². The van der Waals surface area contributed by atoms with Crippen molar-refractivity contribution in [1.29, 1.82) is 0 Å².